The van der Waals surface area contributed by atoms with Gasteiger partial charge in [0.05, 0.1) is 0 Å². The van der Waals surface area contributed by atoms with E-state index in [0.29, 0.717) is 0 Å². The van der Waals surface area contributed by atoms with Gasteiger partial charge in [-0.15, -0.1) is 0 Å². The van der Waals surface area contributed by atoms with Gasteiger partial charge in [0.15, 0.2) is 0 Å². The van der Waals surface area contributed by atoms with Crippen LogP contribution in [0.4, 0.5) is 4.39 Å². The number of halogens is 1. The fourth-order valence-electron chi connectivity index (χ4n) is 1.60. The van der Waals surface area contributed by atoms with E-state index in [2.05, 4.69) is 20.8 Å². The molecule has 0 fully saturated rings. The third kappa shape index (κ3) is 1.90. The van der Waals surface area contributed by atoms with Crippen molar-refractivity contribution in [1.82, 2.24) is 0 Å². The van der Waals surface area contributed by atoms with E-state index >= 15 is 0 Å². The summed E-state index contributed by atoms with van der Waals surface area (Å²) in [4.78, 5) is 0. The Balaban J connectivity index is 3.35. The zero-order valence-electron chi connectivity index (χ0n) is 9.03. The monoisotopic (exact) mass is 180 g/mol. The molecule has 0 nitrogen and oxygen atoms in total. The fourth-order valence-corrected chi connectivity index (χ4v) is 1.60. The SMILES string of the molecule is Cc1c(F)ccc(C(C)(C)C)c1C. The lowest BCUT2D eigenvalue weighted by molar-refractivity contribution is 0.574. The van der Waals surface area contributed by atoms with E-state index in [1.54, 1.807) is 6.07 Å². The predicted octanol–water partition coefficient (Wildman–Crippen LogP) is 3.74. The molecule has 1 aromatic carbocycles. The van der Waals surface area contributed by atoms with Crippen molar-refractivity contribution in [2.45, 2.75) is 40.0 Å². The van der Waals surface area contributed by atoms with Crippen LogP contribution in [0.2, 0.25) is 0 Å². The van der Waals surface area contributed by atoms with Gasteiger partial charge in [-0.05, 0) is 42.0 Å². The van der Waals surface area contributed by atoms with E-state index < -0.39 is 0 Å². The van der Waals surface area contributed by atoms with Crippen LogP contribution in [0.25, 0.3) is 0 Å². The maximum absolute atomic E-state index is 13.1. The van der Waals surface area contributed by atoms with Crippen molar-refractivity contribution in [3.63, 3.8) is 0 Å². The highest BCUT2D eigenvalue weighted by Crippen LogP contribution is 2.28. The molecule has 72 valence electrons. The van der Waals surface area contributed by atoms with Crippen molar-refractivity contribution >= 4 is 0 Å². The maximum atomic E-state index is 13.1. The molecule has 0 unspecified atom stereocenters. The van der Waals surface area contributed by atoms with Crippen LogP contribution >= 0.6 is 0 Å². The van der Waals surface area contributed by atoms with Gasteiger partial charge in [-0.1, -0.05) is 26.8 Å². The standard InChI is InChI=1S/C12H17F/c1-8-9(2)11(13)7-6-10(8)12(3,4)5/h6-7H,1-5H3. The van der Waals surface area contributed by atoms with E-state index in [0.717, 1.165) is 11.1 Å². The molecule has 0 amide bonds. The quantitative estimate of drug-likeness (QED) is 0.570. The largest absolute Gasteiger partial charge is 0.207 e. The Morgan fingerprint density at radius 2 is 1.54 bits per heavy atom. The van der Waals surface area contributed by atoms with Crippen molar-refractivity contribution in [3.8, 4) is 0 Å². The predicted molar refractivity (Wildman–Crippen MR) is 54.6 cm³/mol. The molecule has 1 heteroatoms. The highest BCUT2D eigenvalue weighted by molar-refractivity contribution is 5.38. The van der Waals surface area contributed by atoms with Gasteiger partial charge in [0, 0.05) is 0 Å². The minimum absolute atomic E-state index is 0.0997. The Morgan fingerprint density at radius 3 is 2.00 bits per heavy atom. The second-order valence-corrected chi connectivity index (χ2v) is 4.59. The molecule has 0 atom stereocenters. The van der Waals surface area contributed by atoms with Gasteiger partial charge in [0.25, 0.3) is 0 Å². The average molecular weight is 180 g/mol. The van der Waals surface area contributed by atoms with Crippen LogP contribution in [0.5, 0.6) is 0 Å². The molecule has 0 N–H and O–H groups in total. The first kappa shape index (κ1) is 10.2. The van der Waals surface area contributed by atoms with Crippen LogP contribution in [-0.2, 0) is 5.41 Å². The Labute approximate surface area is 79.8 Å². The van der Waals surface area contributed by atoms with Crippen molar-refractivity contribution < 1.29 is 4.39 Å². The lowest BCUT2D eigenvalue weighted by Gasteiger charge is -2.22. The summed E-state index contributed by atoms with van der Waals surface area (Å²) in [5.41, 5.74) is 3.18. The third-order valence-electron chi connectivity index (χ3n) is 2.53. The number of hydrogen-bond donors (Lipinski definition) is 0. The lowest BCUT2D eigenvalue weighted by atomic mass is 9.83. The Morgan fingerprint density at radius 1 is 1.00 bits per heavy atom. The molecule has 1 rings (SSSR count). The number of benzene rings is 1. The molecule has 13 heavy (non-hydrogen) atoms. The first-order valence-corrected chi connectivity index (χ1v) is 4.60. The Bertz CT molecular complexity index is 319. The second-order valence-electron chi connectivity index (χ2n) is 4.59. The van der Waals surface area contributed by atoms with Crippen LogP contribution in [0.1, 0.15) is 37.5 Å². The highest BCUT2D eigenvalue weighted by atomic mass is 19.1. The van der Waals surface area contributed by atoms with E-state index in [1.807, 2.05) is 19.9 Å². The summed E-state index contributed by atoms with van der Waals surface area (Å²) in [7, 11) is 0. The van der Waals surface area contributed by atoms with Gasteiger partial charge in [-0.3, -0.25) is 0 Å². The molecular formula is C12H17F. The van der Waals surface area contributed by atoms with Gasteiger partial charge < -0.3 is 0 Å². The molecule has 1 aromatic rings. The van der Waals surface area contributed by atoms with Gasteiger partial charge in [0.2, 0.25) is 0 Å². The van der Waals surface area contributed by atoms with Crippen LogP contribution in [0.3, 0.4) is 0 Å². The third-order valence-corrected chi connectivity index (χ3v) is 2.53. The van der Waals surface area contributed by atoms with Crippen LogP contribution in [0.15, 0.2) is 12.1 Å². The fraction of sp³-hybridized carbons (Fsp3) is 0.500. The first-order valence-electron chi connectivity index (χ1n) is 4.60. The second kappa shape index (κ2) is 3.13. The highest BCUT2D eigenvalue weighted by Gasteiger charge is 2.17. The van der Waals surface area contributed by atoms with Crippen LogP contribution < -0.4 is 0 Å². The van der Waals surface area contributed by atoms with Crippen molar-refractivity contribution in [2.24, 2.45) is 0 Å². The first-order chi connectivity index (χ1) is 5.84. The zero-order valence-corrected chi connectivity index (χ0v) is 9.03. The van der Waals surface area contributed by atoms with Crippen LogP contribution in [0, 0.1) is 19.7 Å². The van der Waals surface area contributed by atoms with Gasteiger partial charge in [-0.2, -0.15) is 0 Å². The molecule has 0 spiro atoms. The van der Waals surface area contributed by atoms with Gasteiger partial charge in [-0.25, -0.2) is 4.39 Å². The summed E-state index contributed by atoms with van der Waals surface area (Å²) < 4.78 is 13.1. The topological polar surface area (TPSA) is 0 Å². The summed E-state index contributed by atoms with van der Waals surface area (Å²) in [5.74, 6) is -0.106. The summed E-state index contributed by atoms with van der Waals surface area (Å²) in [5, 5.41) is 0. The lowest BCUT2D eigenvalue weighted by Crippen LogP contribution is -2.14. The zero-order chi connectivity index (χ0) is 10.2. The average Bonchev–Trinajstić information content (AvgIpc) is 1.98. The summed E-state index contributed by atoms with van der Waals surface area (Å²) in [6.07, 6.45) is 0. The van der Waals surface area contributed by atoms with E-state index in [1.165, 1.54) is 5.56 Å². The summed E-state index contributed by atoms with van der Waals surface area (Å²) in [6.45, 7) is 10.3. The van der Waals surface area contributed by atoms with Crippen LogP contribution in [-0.4, -0.2) is 0 Å². The number of hydrogen-bond acceptors (Lipinski definition) is 0. The normalized spacial score (nSPS) is 11.8. The van der Waals surface area contributed by atoms with E-state index in [9.17, 15) is 4.39 Å². The minimum Gasteiger partial charge on any atom is -0.207 e. The van der Waals surface area contributed by atoms with Crippen molar-refractivity contribution in [3.05, 3.63) is 34.6 Å². The Kier molecular flexibility index (Phi) is 2.47. The molecule has 0 aliphatic rings. The molecule has 0 aliphatic carbocycles. The molecule has 0 saturated carbocycles. The molecule has 0 radical (unpaired) electrons. The molecule has 0 aliphatic heterocycles. The molecule has 0 aromatic heterocycles. The molecule has 0 heterocycles. The van der Waals surface area contributed by atoms with Crippen molar-refractivity contribution in [2.75, 3.05) is 0 Å². The van der Waals surface area contributed by atoms with Gasteiger partial charge >= 0.3 is 0 Å². The molecule has 0 bridgehead atoms. The maximum Gasteiger partial charge on any atom is 0.126 e. The summed E-state index contributed by atoms with van der Waals surface area (Å²) >= 11 is 0. The smallest absolute Gasteiger partial charge is 0.126 e. The Hall–Kier alpha value is -0.850. The number of rotatable bonds is 0. The van der Waals surface area contributed by atoms with E-state index in [4.69, 9.17) is 0 Å². The van der Waals surface area contributed by atoms with Gasteiger partial charge in [0.1, 0.15) is 5.82 Å². The molecular weight excluding hydrogens is 163 g/mol. The molecule has 0 saturated heterocycles. The minimum atomic E-state index is -0.106. The summed E-state index contributed by atoms with van der Waals surface area (Å²) in [6, 6.07) is 3.45. The van der Waals surface area contributed by atoms with E-state index in [-0.39, 0.29) is 11.2 Å². The van der Waals surface area contributed by atoms with Crippen molar-refractivity contribution in [1.29, 1.82) is 0 Å².